The number of benzene rings is 1. The van der Waals surface area contributed by atoms with Gasteiger partial charge in [-0.1, -0.05) is 22.0 Å². The van der Waals surface area contributed by atoms with Crippen molar-refractivity contribution in [3.8, 4) is 6.07 Å². The minimum atomic E-state index is 0.648. The molecule has 84 valence electrons. The van der Waals surface area contributed by atoms with Crippen molar-refractivity contribution in [3.05, 3.63) is 33.8 Å². The molecule has 0 bridgehead atoms. The second kappa shape index (κ2) is 4.99. The molecule has 0 amide bonds. The highest BCUT2D eigenvalue weighted by Gasteiger charge is 2.20. The van der Waals surface area contributed by atoms with Gasteiger partial charge in [-0.2, -0.15) is 5.26 Å². The molecule has 1 aliphatic rings. The van der Waals surface area contributed by atoms with E-state index in [0.29, 0.717) is 6.04 Å². The molecule has 16 heavy (non-hydrogen) atoms. The van der Waals surface area contributed by atoms with Gasteiger partial charge >= 0.3 is 0 Å². The summed E-state index contributed by atoms with van der Waals surface area (Å²) in [5.41, 5.74) is 1.92. The molecule has 0 spiro atoms. The number of rotatable bonds is 2. The van der Waals surface area contributed by atoms with Gasteiger partial charge in [0.05, 0.1) is 11.6 Å². The summed E-state index contributed by atoms with van der Waals surface area (Å²) in [6.07, 6.45) is 2.55. The zero-order valence-electron chi connectivity index (χ0n) is 9.41. The highest BCUT2D eigenvalue weighted by Crippen LogP contribution is 2.22. The summed E-state index contributed by atoms with van der Waals surface area (Å²) < 4.78 is 0.974. The lowest BCUT2D eigenvalue weighted by molar-refractivity contribution is 0.260. The molecular formula is C13H15BrN2. The zero-order chi connectivity index (χ0) is 11.5. The minimum absolute atomic E-state index is 0.648. The van der Waals surface area contributed by atoms with Crippen molar-refractivity contribution < 1.29 is 0 Å². The monoisotopic (exact) mass is 278 g/mol. The molecule has 0 N–H and O–H groups in total. The fourth-order valence-electron chi connectivity index (χ4n) is 2.24. The topological polar surface area (TPSA) is 27.0 Å². The molecule has 0 aromatic heterocycles. The van der Waals surface area contributed by atoms with Crippen molar-refractivity contribution in [1.29, 1.82) is 5.26 Å². The van der Waals surface area contributed by atoms with Crippen LogP contribution in [0, 0.1) is 11.3 Å². The Morgan fingerprint density at radius 1 is 1.56 bits per heavy atom. The summed E-state index contributed by atoms with van der Waals surface area (Å²) in [6.45, 7) is 4.32. The van der Waals surface area contributed by atoms with Crippen LogP contribution in [0.25, 0.3) is 0 Å². The summed E-state index contributed by atoms with van der Waals surface area (Å²) in [4.78, 5) is 2.45. The van der Waals surface area contributed by atoms with Gasteiger partial charge in [0.1, 0.15) is 0 Å². The van der Waals surface area contributed by atoms with Crippen molar-refractivity contribution in [2.24, 2.45) is 0 Å². The Balaban J connectivity index is 2.18. The van der Waals surface area contributed by atoms with Crippen LogP contribution in [0.1, 0.15) is 30.9 Å². The van der Waals surface area contributed by atoms with Gasteiger partial charge in [-0.3, -0.25) is 4.90 Å². The minimum Gasteiger partial charge on any atom is -0.296 e. The Morgan fingerprint density at radius 2 is 2.38 bits per heavy atom. The van der Waals surface area contributed by atoms with Crippen LogP contribution in [0.4, 0.5) is 0 Å². The molecule has 1 fully saturated rings. The van der Waals surface area contributed by atoms with Gasteiger partial charge in [-0.15, -0.1) is 0 Å². The molecule has 1 unspecified atom stereocenters. The van der Waals surface area contributed by atoms with Crippen LogP contribution in [0.15, 0.2) is 22.7 Å². The van der Waals surface area contributed by atoms with Crippen LogP contribution in [-0.2, 0) is 6.54 Å². The number of halogens is 1. The van der Waals surface area contributed by atoms with E-state index in [9.17, 15) is 0 Å². The Hall–Kier alpha value is -0.850. The van der Waals surface area contributed by atoms with Crippen LogP contribution in [0.3, 0.4) is 0 Å². The first-order valence-electron chi connectivity index (χ1n) is 5.63. The SMILES string of the molecule is CC1CCCN1Cc1ccc(Br)cc1C#N. The second-order valence-electron chi connectivity index (χ2n) is 4.37. The lowest BCUT2D eigenvalue weighted by Crippen LogP contribution is -2.26. The molecule has 3 heteroatoms. The Labute approximate surface area is 105 Å². The normalized spacial score (nSPS) is 20.9. The number of nitrogens with zero attached hydrogens (tertiary/aromatic N) is 2. The van der Waals surface area contributed by atoms with E-state index in [-0.39, 0.29) is 0 Å². The second-order valence-corrected chi connectivity index (χ2v) is 5.29. The molecule has 0 aliphatic carbocycles. The summed E-state index contributed by atoms with van der Waals surface area (Å²) in [5.74, 6) is 0. The van der Waals surface area contributed by atoms with Gasteiger partial charge in [0, 0.05) is 17.1 Å². The van der Waals surface area contributed by atoms with Crippen LogP contribution in [-0.4, -0.2) is 17.5 Å². The van der Waals surface area contributed by atoms with Crippen molar-refractivity contribution in [3.63, 3.8) is 0 Å². The van der Waals surface area contributed by atoms with E-state index in [2.05, 4.69) is 33.8 Å². The van der Waals surface area contributed by atoms with Crippen LogP contribution in [0.2, 0.25) is 0 Å². The first kappa shape index (κ1) is 11.6. The van der Waals surface area contributed by atoms with E-state index < -0.39 is 0 Å². The molecule has 1 atom stereocenters. The molecule has 2 rings (SSSR count). The van der Waals surface area contributed by atoms with Gasteiger partial charge in [0.15, 0.2) is 0 Å². The summed E-state index contributed by atoms with van der Waals surface area (Å²) >= 11 is 3.40. The highest BCUT2D eigenvalue weighted by atomic mass is 79.9. The van der Waals surface area contributed by atoms with Crippen LogP contribution >= 0.6 is 15.9 Å². The Kier molecular flexibility index (Phi) is 3.63. The maximum Gasteiger partial charge on any atom is 0.0995 e. The van der Waals surface area contributed by atoms with Gasteiger partial charge in [0.2, 0.25) is 0 Å². The highest BCUT2D eigenvalue weighted by molar-refractivity contribution is 9.10. The van der Waals surface area contributed by atoms with E-state index in [1.54, 1.807) is 0 Å². The molecule has 2 nitrogen and oxygen atoms in total. The lowest BCUT2D eigenvalue weighted by atomic mass is 10.1. The van der Waals surface area contributed by atoms with Gasteiger partial charge in [-0.05, 0) is 44.0 Å². The maximum atomic E-state index is 9.09. The molecular weight excluding hydrogens is 264 g/mol. The number of nitriles is 1. The van der Waals surface area contributed by atoms with Crippen LogP contribution in [0.5, 0.6) is 0 Å². The number of hydrogen-bond acceptors (Lipinski definition) is 2. The molecule has 1 saturated heterocycles. The molecule has 1 aliphatic heterocycles. The van der Waals surface area contributed by atoms with Crippen molar-refractivity contribution in [2.45, 2.75) is 32.4 Å². The number of hydrogen-bond donors (Lipinski definition) is 0. The predicted molar refractivity (Wildman–Crippen MR) is 68.0 cm³/mol. The lowest BCUT2D eigenvalue weighted by Gasteiger charge is -2.21. The third kappa shape index (κ3) is 2.45. The van der Waals surface area contributed by atoms with Crippen molar-refractivity contribution >= 4 is 15.9 Å². The molecule has 1 heterocycles. The van der Waals surface area contributed by atoms with E-state index in [0.717, 1.165) is 28.7 Å². The molecule has 1 aromatic carbocycles. The van der Waals surface area contributed by atoms with E-state index >= 15 is 0 Å². The Morgan fingerprint density at radius 3 is 3.00 bits per heavy atom. The fourth-order valence-corrected chi connectivity index (χ4v) is 2.60. The van der Waals surface area contributed by atoms with Gasteiger partial charge < -0.3 is 0 Å². The standard InChI is InChI=1S/C13H15BrN2/c1-10-3-2-6-16(10)9-11-4-5-13(14)7-12(11)8-15/h4-5,7,10H,2-3,6,9H2,1H3. The first-order chi connectivity index (χ1) is 7.70. The molecule has 0 radical (unpaired) electrons. The summed E-state index contributed by atoms with van der Waals surface area (Å²) in [7, 11) is 0. The van der Waals surface area contributed by atoms with Crippen LogP contribution < -0.4 is 0 Å². The van der Waals surface area contributed by atoms with Gasteiger partial charge in [-0.25, -0.2) is 0 Å². The van der Waals surface area contributed by atoms with E-state index in [4.69, 9.17) is 5.26 Å². The third-order valence-corrected chi connectivity index (χ3v) is 3.75. The predicted octanol–water partition coefficient (Wildman–Crippen LogP) is 3.31. The number of likely N-dealkylation sites (tertiary alicyclic amines) is 1. The van der Waals surface area contributed by atoms with Gasteiger partial charge in [0.25, 0.3) is 0 Å². The third-order valence-electron chi connectivity index (χ3n) is 3.26. The maximum absolute atomic E-state index is 9.09. The summed E-state index contributed by atoms with van der Waals surface area (Å²) in [5, 5.41) is 9.09. The molecule has 0 saturated carbocycles. The van der Waals surface area contributed by atoms with Crippen molar-refractivity contribution in [2.75, 3.05) is 6.54 Å². The smallest absolute Gasteiger partial charge is 0.0995 e. The largest absolute Gasteiger partial charge is 0.296 e. The first-order valence-corrected chi connectivity index (χ1v) is 6.42. The summed E-state index contributed by atoms with van der Waals surface area (Å²) in [6, 6.07) is 8.88. The van der Waals surface area contributed by atoms with E-state index in [1.165, 1.54) is 12.8 Å². The Bertz CT molecular complexity index is 422. The zero-order valence-corrected chi connectivity index (χ0v) is 11.0. The average molecular weight is 279 g/mol. The fraction of sp³-hybridized carbons (Fsp3) is 0.462. The van der Waals surface area contributed by atoms with Crippen molar-refractivity contribution in [1.82, 2.24) is 4.90 Å². The van der Waals surface area contributed by atoms with E-state index in [1.807, 2.05) is 18.2 Å². The average Bonchev–Trinajstić information content (AvgIpc) is 2.67. The quantitative estimate of drug-likeness (QED) is 0.830. The molecule has 1 aromatic rings.